The molecule has 7 nitrogen and oxygen atoms in total. The minimum absolute atomic E-state index is 0.0225. The number of carbonyl (C=O) groups is 3. The van der Waals surface area contributed by atoms with E-state index in [1.54, 1.807) is 13.8 Å². The number of Topliss-reactive ketones (excluding diaryl/α,β-unsaturated/α-hetero) is 1. The van der Waals surface area contributed by atoms with Crippen molar-refractivity contribution in [3.63, 3.8) is 0 Å². The summed E-state index contributed by atoms with van der Waals surface area (Å²) in [5.74, 6) is -0.780. The minimum Gasteiger partial charge on any atom is -0.390 e. The van der Waals surface area contributed by atoms with Crippen molar-refractivity contribution in [3.8, 4) is 0 Å². The van der Waals surface area contributed by atoms with Crippen molar-refractivity contribution < 1.29 is 19.5 Å². The number of aromatic nitrogens is 1. The van der Waals surface area contributed by atoms with Gasteiger partial charge in [0.15, 0.2) is 10.9 Å². The monoisotopic (exact) mass is 409 g/mol. The number of anilines is 1. The third-order valence-corrected chi connectivity index (χ3v) is 5.78. The number of hydrogen-bond acceptors (Lipinski definition) is 6. The van der Waals surface area contributed by atoms with Crippen LogP contribution in [-0.2, 0) is 16.0 Å². The van der Waals surface area contributed by atoms with Gasteiger partial charge in [-0.15, -0.1) is 0 Å². The first-order chi connectivity index (χ1) is 13.1. The minimum atomic E-state index is -0.704. The average molecular weight is 410 g/mol. The normalized spacial score (nSPS) is 17.8. The van der Waals surface area contributed by atoms with Crippen LogP contribution in [0.3, 0.4) is 0 Å². The van der Waals surface area contributed by atoms with Crippen LogP contribution in [0.25, 0.3) is 0 Å². The molecule has 28 heavy (non-hydrogen) atoms. The number of aliphatic hydroxyl groups is 1. The van der Waals surface area contributed by atoms with Gasteiger partial charge in [0.2, 0.25) is 11.8 Å². The second kappa shape index (κ2) is 9.60. The largest absolute Gasteiger partial charge is 0.390 e. The molecule has 0 saturated heterocycles. The van der Waals surface area contributed by atoms with Crippen LogP contribution in [0.1, 0.15) is 81.6 Å². The van der Waals surface area contributed by atoms with Gasteiger partial charge in [-0.05, 0) is 46.5 Å². The Morgan fingerprint density at radius 2 is 2.07 bits per heavy atom. The second-order valence-electron chi connectivity index (χ2n) is 8.24. The zero-order valence-corrected chi connectivity index (χ0v) is 17.9. The fourth-order valence-corrected chi connectivity index (χ4v) is 4.21. The molecule has 0 bridgehead atoms. The predicted octanol–water partition coefficient (Wildman–Crippen LogP) is 3.07. The lowest BCUT2D eigenvalue weighted by atomic mass is 9.89. The molecule has 1 aliphatic carbocycles. The average Bonchev–Trinajstić information content (AvgIpc) is 2.96. The molecule has 2 atom stereocenters. The van der Waals surface area contributed by atoms with Crippen LogP contribution in [0.5, 0.6) is 0 Å². The Kier molecular flexibility index (Phi) is 7.71. The Morgan fingerprint density at radius 3 is 2.71 bits per heavy atom. The Morgan fingerprint density at radius 1 is 1.36 bits per heavy atom. The van der Waals surface area contributed by atoms with Crippen molar-refractivity contribution in [2.75, 3.05) is 5.32 Å². The number of thiazole rings is 1. The maximum atomic E-state index is 12.6. The molecule has 156 valence electrons. The fraction of sp³-hybridized carbons (Fsp3) is 0.700. The molecule has 3 N–H and O–H groups in total. The number of fused-ring (bicyclic) bond motifs is 1. The maximum Gasteiger partial charge on any atom is 0.226 e. The second-order valence-corrected chi connectivity index (χ2v) is 9.23. The third-order valence-electron chi connectivity index (χ3n) is 4.73. The summed E-state index contributed by atoms with van der Waals surface area (Å²) in [6.07, 6.45) is 3.98. The van der Waals surface area contributed by atoms with E-state index in [4.69, 9.17) is 0 Å². The molecular formula is C20H31N3O4S. The van der Waals surface area contributed by atoms with Gasteiger partial charge in [-0.25, -0.2) is 4.98 Å². The summed E-state index contributed by atoms with van der Waals surface area (Å²) >= 11 is 1.19. The van der Waals surface area contributed by atoms with E-state index in [1.165, 1.54) is 11.3 Å². The number of carbonyl (C=O) groups excluding carboxylic acids is 3. The number of rotatable bonds is 9. The number of amides is 2. The zero-order valence-electron chi connectivity index (χ0n) is 17.1. The predicted molar refractivity (Wildman–Crippen MR) is 110 cm³/mol. The maximum absolute atomic E-state index is 12.6. The van der Waals surface area contributed by atoms with E-state index in [0.717, 1.165) is 19.3 Å². The number of hydrogen-bond donors (Lipinski definition) is 3. The summed E-state index contributed by atoms with van der Waals surface area (Å²) in [5, 5.41) is 15.9. The molecule has 1 aromatic rings. The van der Waals surface area contributed by atoms with Gasteiger partial charge in [0.05, 0.1) is 22.1 Å². The van der Waals surface area contributed by atoms with E-state index in [2.05, 4.69) is 15.6 Å². The summed E-state index contributed by atoms with van der Waals surface area (Å²) in [5.41, 5.74) is -0.104. The van der Waals surface area contributed by atoms with Gasteiger partial charge in [0, 0.05) is 25.3 Å². The van der Waals surface area contributed by atoms with Crippen LogP contribution in [0.4, 0.5) is 5.13 Å². The topological polar surface area (TPSA) is 108 Å². The Bertz CT molecular complexity index is 724. The molecule has 0 saturated carbocycles. The molecule has 2 unspecified atom stereocenters. The van der Waals surface area contributed by atoms with E-state index in [1.807, 2.05) is 13.8 Å². The standard InChI is InChI=1S/C20H31N3O4S/c1-5-7-16(25)23-19-22-14-10-13(11-15(24)17(14)28-19)18(26)21-12(2)8-6-9-20(3,4)27/h12-13,27H,5-11H2,1-4H3,(H,21,26)(H,22,23,25). The Labute approximate surface area is 170 Å². The highest BCUT2D eigenvalue weighted by atomic mass is 32.1. The molecule has 0 spiro atoms. The highest BCUT2D eigenvalue weighted by Crippen LogP contribution is 2.32. The van der Waals surface area contributed by atoms with Gasteiger partial charge in [-0.3, -0.25) is 14.4 Å². The molecule has 0 fully saturated rings. The molecule has 8 heteroatoms. The summed E-state index contributed by atoms with van der Waals surface area (Å²) < 4.78 is 0. The molecule has 1 aliphatic rings. The van der Waals surface area contributed by atoms with Gasteiger partial charge in [-0.1, -0.05) is 18.3 Å². The summed E-state index contributed by atoms with van der Waals surface area (Å²) in [4.78, 5) is 41.7. The van der Waals surface area contributed by atoms with Gasteiger partial charge < -0.3 is 15.7 Å². The Hall–Kier alpha value is -1.80. The Balaban J connectivity index is 1.91. The van der Waals surface area contributed by atoms with Crippen molar-refractivity contribution in [2.45, 2.75) is 84.3 Å². The van der Waals surface area contributed by atoms with Crippen LogP contribution in [-0.4, -0.2) is 39.3 Å². The lowest BCUT2D eigenvalue weighted by molar-refractivity contribution is -0.125. The quantitative estimate of drug-likeness (QED) is 0.581. The molecule has 1 heterocycles. The van der Waals surface area contributed by atoms with Crippen LogP contribution in [0.15, 0.2) is 0 Å². The van der Waals surface area contributed by atoms with Gasteiger partial charge in [-0.2, -0.15) is 0 Å². The van der Waals surface area contributed by atoms with Crippen molar-refractivity contribution in [2.24, 2.45) is 5.92 Å². The van der Waals surface area contributed by atoms with E-state index >= 15 is 0 Å². The van der Waals surface area contributed by atoms with E-state index in [0.29, 0.717) is 35.0 Å². The molecule has 0 radical (unpaired) electrons. The molecule has 1 aromatic heterocycles. The first-order valence-corrected chi connectivity index (χ1v) is 10.8. The molecule has 0 aliphatic heterocycles. The number of ketones is 1. The van der Waals surface area contributed by atoms with Gasteiger partial charge in [0.1, 0.15) is 0 Å². The van der Waals surface area contributed by atoms with E-state index in [-0.39, 0.29) is 30.1 Å². The van der Waals surface area contributed by atoms with Crippen LogP contribution in [0.2, 0.25) is 0 Å². The molecule has 0 aromatic carbocycles. The number of nitrogens with zero attached hydrogens (tertiary/aromatic N) is 1. The first-order valence-electron chi connectivity index (χ1n) is 9.94. The van der Waals surface area contributed by atoms with Gasteiger partial charge in [0.25, 0.3) is 0 Å². The van der Waals surface area contributed by atoms with Crippen molar-refractivity contribution in [3.05, 3.63) is 10.6 Å². The first kappa shape index (κ1) is 22.5. The third kappa shape index (κ3) is 6.67. The smallest absolute Gasteiger partial charge is 0.226 e. The van der Waals surface area contributed by atoms with Crippen LogP contribution in [0, 0.1) is 5.92 Å². The van der Waals surface area contributed by atoms with Crippen molar-refractivity contribution in [1.82, 2.24) is 10.3 Å². The van der Waals surface area contributed by atoms with Crippen molar-refractivity contribution >= 4 is 34.1 Å². The highest BCUT2D eigenvalue weighted by Gasteiger charge is 2.33. The lowest BCUT2D eigenvalue weighted by Gasteiger charge is -2.23. The summed E-state index contributed by atoms with van der Waals surface area (Å²) in [7, 11) is 0. The highest BCUT2D eigenvalue weighted by molar-refractivity contribution is 7.17. The molecule has 2 amide bonds. The molecule has 2 rings (SSSR count). The van der Waals surface area contributed by atoms with Gasteiger partial charge >= 0.3 is 0 Å². The lowest BCUT2D eigenvalue weighted by Crippen LogP contribution is -2.40. The zero-order chi connectivity index (χ0) is 20.9. The summed E-state index contributed by atoms with van der Waals surface area (Å²) in [6, 6.07) is -0.0225. The van der Waals surface area contributed by atoms with Crippen LogP contribution >= 0.6 is 11.3 Å². The van der Waals surface area contributed by atoms with E-state index < -0.39 is 11.5 Å². The number of nitrogens with one attached hydrogen (secondary N) is 2. The van der Waals surface area contributed by atoms with E-state index in [9.17, 15) is 19.5 Å². The summed E-state index contributed by atoms with van der Waals surface area (Å²) in [6.45, 7) is 7.40. The van der Waals surface area contributed by atoms with Crippen molar-refractivity contribution in [1.29, 1.82) is 0 Å². The molecular weight excluding hydrogens is 378 g/mol. The SMILES string of the molecule is CCCC(=O)Nc1nc2c(s1)C(=O)CC(C(=O)NC(C)CCCC(C)(C)O)C2. The van der Waals surface area contributed by atoms with Crippen LogP contribution < -0.4 is 10.6 Å². The fourth-order valence-electron chi connectivity index (χ4n) is 3.25.